The van der Waals surface area contributed by atoms with Gasteiger partial charge < -0.3 is 10.6 Å². The van der Waals surface area contributed by atoms with Gasteiger partial charge >= 0.3 is 0 Å². The smallest absolute Gasteiger partial charge is 0.211 e. The van der Waals surface area contributed by atoms with Crippen molar-refractivity contribution in [2.75, 3.05) is 10.6 Å². The first-order chi connectivity index (χ1) is 7.20. The van der Waals surface area contributed by atoms with Crippen molar-refractivity contribution in [3.8, 4) is 0 Å². The number of hydrogen-bond donors (Lipinski definition) is 2. The number of fused-ring (bicyclic) bond motifs is 1. The Labute approximate surface area is 89.9 Å². The summed E-state index contributed by atoms with van der Waals surface area (Å²) in [7, 11) is 0. The fourth-order valence-corrected chi connectivity index (χ4v) is 1.97. The van der Waals surface area contributed by atoms with Crippen molar-refractivity contribution in [2.45, 2.75) is 26.3 Å². The minimum absolute atomic E-state index is 0.516. The van der Waals surface area contributed by atoms with Crippen LogP contribution in [0.15, 0.2) is 18.2 Å². The summed E-state index contributed by atoms with van der Waals surface area (Å²) in [4.78, 5) is 10.3. The van der Waals surface area contributed by atoms with Gasteiger partial charge in [0.2, 0.25) is 6.41 Å². The Balaban J connectivity index is 2.28. The predicted octanol–water partition coefficient (Wildman–Crippen LogP) is 2.25. The van der Waals surface area contributed by atoms with Crippen LogP contribution in [0.5, 0.6) is 0 Å². The highest BCUT2D eigenvalue weighted by Crippen LogP contribution is 2.30. The molecule has 15 heavy (non-hydrogen) atoms. The van der Waals surface area contributed by atoms with Crippen LogP contribution in [0.3, 0.4) is 0 Å². The highest BCUT2D eigenvalue weighted by molar-refractivity contribution is 5.73. The van der Waals surface area contributed by atoms with Crippen LogP contribution in [-0.4, -0.2) is 12.5 Å². The molecule has 1 aliphatic heterocycles. The molecule has 0 aromatic heterocycles. The largest absolute Gasteiger partial charge is 0.382 e. The highest BCUT2D eigenvalue weighted by Gasteiger charge is 2.20. The second-order valence-electron chi connectivity index (χ2n) is 4.25. The number of carbonyl (C=O) groups excluding carboxylic acids is 1. The van der Waals surface area contributed by atoms with Crippen LogP contribution in [0.1, 0.15) is 19.4 Å². The van der Waals surface area contributed by atoms with E-state index in [-0.39, 0.29) is 0 Å². The molecule has 0 aliphatic carbocycles. The van der Waals surface area contributed by atoms with Crippen LogP contribution in [0.25, 0.3) is 0 Å². The second-order valence-corrected chi connectivity index (χ2v) is 4.25. The number of amides is 1. The average Bonchev–Trinajstić information content (AvgIpc) is 2.21. The number of hydrogen-bond acceptors (Lipinski definition) is 2. The van der Waals surface area contributed by atoms with Gasteiger partial charge in [-0.25, -0.2) is 0 Å². The lowest BCUT2D eigenvalue weighted by Crippen LogP contribution is -2.30. The first-order valence-corrected chi connectivity index (χ1v) is 5.30. The fraction of sp³-hybridized carbons (Fsp3) is 0.417. The molecule has 0 radical (unpaired) electrons. The summed E-state index contributed by atoms with van der Waals surface area (Å²) in [6.07, 6.45) is 1.78. The van der Waals surface area contributed by atoms with Gasteiger partial charge in [-0.05, 0) is 43.0 Å². The van der Waals surface area contributed by atoms with E-state index in [0.717, 1.165) is 12.1 Å². The SMILES string of the molecule is CC1Cc2cc(NC=O)ccc2NC1C. The molecule has 2 N–H and O–H groups in total. The van der Waals surface area contributed by atoms with E-state index < -0.39 is 0 Å². The van der Waals surface area contributed by atoms with Crippen LogP contribution < -0.4 is 10.6 Å². The Morgan fingerprint density at radius 3 is 3.00 bits per heavy atom. The van der Waals surface area contributed by atoms with E-state index in [2.05, 4.69) is 24.5 Å². The van der Waals surface area contributed by atoms with Gasteiger partial charge in [0.1, 0.15) is 0 Å². The van der Waals surface area contributed by atoms with E-state index in [9.17, 15) is 4.79 Å². The van der Waals surface area contributed by atoms with Crippen LogP contribution in [0.2, 0.25) is 0 Å². The summed E-state index contributed by atoms with van der Waals surface area (Å²) in [5.74, 6) is 0.629. The summed E-state index contributed by atoms with van der Waals surface area (Å²) in [5.41, 5.74) is 3.34. The molecule has 80 valence electrons. The van der Waals surface area contributed by atoms with Gasteiger partial charge in [0.25, 0.3) is 0 Å². The maximum Gasteiger partial charge on any atom is 0.211 e. The van der Waals surface area contributed by atoms with E-state index in [4.69, 9.17) is 0 Å². The van der Waals surface area contributed by atoms with Crippen molar-refractivity contribution in [3.05, 3.63) is 23.8 Å². The van der Waals surface area contributed by atoms with Crippen LogP contribution in [0, 0.1) is 5.92 Å². The minimum Gasteiger partial charge on any atom is -0.382 e. The van der Waals surface area contributed by atoms with E-state index in [1.807, 2.05) is 18.2 Å². The van der Waals surface area contributed by atoms with Gasteiger partial charge in [-0.2, -0.15) is 0 Å². The molecule has 1 amide bonds. The van der Waals surface area contributed by atoms with Crippen molar-refractivity contribution in [1.82, 2.24) is 0 Å². The Morgan fingerprint density at radius 2 is 2.27 bits per heavy atom. The third-order valence-corrected chi connectivity index (χ3v) is 3.11. The first kappa shape index (κ1) is 10.0. The lowest BCUT2D eigenvalue weighted by molar-refractivity contribution is -0.105. The molecule has 0 spiro atoms. The molecule has 3 heteroatoms. The Hall–Kier alpha value is -1.51. The number of anilines is 2. The zero-order chi connectivity index (χ0) is 10.8. The number of nitrogens with one attached hydrogen (secondary N) is 2. The summed E-state index contributed by atoms with van der Waals surface area (Å²) in [6, 6.07) is 6.51. The van der Waals surface area contributed by atoms with E-state index in [1.165, 1.54) is 11.3 Å². The fourth-order valence-electron chi connectivity index (χ4n) is 1.97. The molecule has 1 aromatic carbocycles. The molecular weight excluding hydrogens is 188 g/mol. The number of rotatable bonds is 2. The molecule has 1 aromatic rings. The Kier molecular flexibility index (Phi) is 2.62. The molecule has 2 atom stereocenters. The molecule has 1 aliphatic rings. The Morgan fingerprint density at radius 1 is 1.47 bits per heavy atom. The second kappa shape index (κ2) is 3.93. The maximum atomic E-state index is 10.3. The molecule has 1 heterocycles. The van der Waals surface area contributed by atoms with Crippen LogP contribution in [0.4, 0.5) is 11.4 Å². The van der Waals surface area contributed by atoms with Crippen LogP contribution in [-0.2, 0) is 11.2 Å². The quantitative estimate of drug-likeness (QED) is 0.725. The minimum atomic E-state index is 0.516. The summed E-state index contributed by atoms with van der Waals surface area (Å²) in [6.45, 7) is 4.44. The average molecular weight is 204 g/mol. The van der Waals surface area contributed by atoms with Gasteiger partial charge in [0, 0.05) is 17.4 Å². The number of carbonyl (C=O) groups is 1. The zero-order valence-corrected chi connectivity index (χ0v) is 9.08. The third kappa shape index (κ3) is 1.96. The van der Waals surface area contributed by atoms with E-state index >= 15 is 0 Å². The third-order valence-electron chi connectivity index (χ3n) is 3.11. The van der Waals surface area contributed by atoms with Crippen molar-refractivity contribution < 1.29 is 4.79 Å². The molecule has 0 saturated heterocycles. The van der Waals surface area contributed by atoms with E-state index in [1.54, 1.807) is 0 Å². The highest BCUT2D eigenvalue weighted by atomic mass is 16.1. The molecule has 2 rings (SSSR count). The van der Waals surface area contributed by atoms with Gasteiger partial charge in [-0.1, -0.05) is 6.92 Å². The molecular formula is C12H16N2O. The Bertz CT molecular complexity index is 376. The molecule has 2 unspecified atom stereocenters. The standard InChI is InChI=1S/C12H16N2O/c1-8-5-10-6-11(13-7-15)3-4-12(10)14-9(8)2/h3-4,6-9,14H,5H2,1-2H3,(H,13,15). The monoisotopic (exact) mass is 204 g/mol. The predicted molar refractivity (Wildman–Crippen MR) is 62.1 cm³/mol. The first-order valence-electron chi connectivity index (χ1n) is 5.30. The molecule has 0 fully saturated rings. The normalized spacial score (nSPS) is 23.9. The van der Waals surface area contributed by atoms with Crippen molar-refractivity contribution >= 4 is 17.8 Å². The molecule has 3 nitrogen and oxygen atoms in total. The van der Waals surface area contributed by atoms with Gasteiger partial charge in [-0.3, -0.25) is 4.79 Å². The summed E-state index contributed by atoms with van der Waals surface area (Å²) < 4.78 is 0. The van der Waals surface area contributed by atoms with Crippen molar-refractivity contribution in [3.63, 3.8) is 0 Å². The zero-order valence-electron chi connectivity index (χ0n) is 9.08. The van der Waals surface area contributed by atoms with E-state index in [0.29, 0.717) is 18.4 Å². The van der Waals surface area contributed by atoms with Gasteiger partial charge in [0.15, 0.2) is 0 Å². The lowest BCUT2D eigenvalue weighted by Gasteiger charge is -2.30. The maximum absolute atomic E-state index is 10.3. The molecule has 0 bridgehead atoms. The van der Waals surface area contributed by atoms with Gasteiger partial charge in [0.05, 0.1) is 0 Å². The topological polar surface area (TPSA) is 41.1 Å². The summed E-state index contributed by atoms with van der Waals surface area (Å²) >= 11 is 0. The lowest BCUT2D eigenvalue weighted by atomic mass is 9.89. The van der Waals surface area contributed by atoms with Gasteiger partial charge in [-0.15, -0.1) is 0 Å². The van der Waals surface area contributed by atoms with Crippen molar-refractivity contribution in [1.29, 1.82) is 0 Å². The summed E-state index contributed by atoms with van der Waals surface area (Å²) in [5, 5.41) is 6.14. The molecule has 0 saturated carbocycles. The van der Waals surface area contributed by atoms with Crippen LogP contribution >= 0.6 is 0 Å². The number of benzene rings is 1. The van der Waals surface area contributed by atoms with Crippen molar-refractivity contribution in [2.24, 2.45) is 5.92 Å².